The first kappa shape index (κ1) is 20.6. The van der Waals surface area contributed by atoms with Crippen LogP contribution in [-0.2, 0) is 21.9 Å². The molecule has 0 saturated heterocycles. The molecule has 0 aliphatic rings. The van der Waals surface area contributed by atoms with Gasteiger partial charge in [-0.1, -0.05) is 60.7 Å². The van der Waals surface area contributed by atoms with E-state index in [-0.39, 0.29) is 29.8 Å². The average Bonchev–Trinajstić information content (AvgIpc) is 2.73. The smallest absolute Gasteiger partial charge is 0.384 e. The Hall–Kier alpha value is -3.08. The van der Waals surface area contributed by atoms with Gasteiger partial charge in [0.2, 0.25) is 0 Å². The zero-order valence-corrected chi connectivity index (χ0v) is 16.7. The van der Waals surface area contributed by atoms with Crippen molar-refractivity contribution >= 4 is 13.6 Å². The van der Waals surface area contributed by atoms with Crippen molar-refractivity contribution in [3.63, 3.8) is 0 Å². The second-order valence-electron chi connectivity index (χ2n) is 6.28. The third-order valence-electron chi connectivity index (χ3n) is 4.14. The summed E-state index contributed by atoms with van der Waals surface area (Å²) in [6, 6.07) is 22.6. The van der Waals surface area contributed by atoms with Crippen LogP contribution in [0.15, 0.2) is 78.9 Å². The SMILES string of the molecule is COc1ccc(C(=O)O)cc1OP(=O)(Cc1ccccc1)OCc1ccccc1. The van der Waals surface area contributed by atoms with Crippen LogP contribution in [0.1, 0.15) is 21.5 Å². The normalized spacial score (nSPS) is 12.7. The van der Waals surface area contributed by atoms with Crippen molar-refractivity contribution in [2.75, 3.05) is 7.11 Å². The molecular formula is C22H21O6P. The molecule has 0 radical (unpaired) electrons. The highest BCUT2D eigenvalue weighted by Crippen LogP contribution is 2.53. The van der Waals surface area contributed by atoms with Gasteiger partial charge in [0.15, 0.2) is 11.5 Å². The third kappa shape index (κ3) is 5.70. The number of carboxylic acid groups (broad SMARTS) is 1. The van der Waals surface area contributed by atoms with Gasteiger partial charge in [-0.25, -0.2) is 9.36 Å². The summed E-state index contributed by atoms with van der Waals surface area (Å²) in [4.78, 5) is 11.3. The Morgan fingerprint density at radius 1 is 0.897 bits per heavy atom. The summed E-state index contributed by atoms with van der Waals surface area (Å²) in [6.45, 7) is 0.0892. The summed E-state index contributed by atoms with van der Waals surface area (Å²) in [5, 5.41) is 9.26. The molecule has 0 aliphatic carbocycles. The van der Waals surface area contributed by atoms with Crippen LogP contribution in [-0.4, -0.2) is 18.2 Å². The topological polar surface area (TPSA) is 82.1 Å². The molecular weight excluding hydrogens is 391 g/mol. The van der Waals surface area contributed by atoms with Crippen LogP contribution in [0.2, 0.25) is 0 Å². The summed E-state index contributed by atoms with van der Waals surface area (Å²) < 4.78 is 30.4. The fraction of sp³-hybridized carbons (Fsp3) is 0.136. The average molecular weight is 412 g/mol. The molecule has 3 aromatic carbocycles. The van der Waals surface area contributed by atoms with Crippen molar-refractivity contribution in [3.8, 4) is 11.5 Å². The van der Waals surface area contributed by atoms with Crippen LogP contribution in [0.3, 0.4) is 0 Å². The van der Waals surface area contributed by atoms with Gasteiger partial charge in [0.25, 0.3) is 0 Å². The van der Waals surface area contributed by atoms with E-state index in [1.54, 1.807) is 0 Å². The molecule has 0 heterocycles. The summed E-state index contributed by atoms with van der Waals surface area (Å²) in [7, 11) is -2.27. The number of hydrogen-bond acceptors (Lipinski definition) is 5. The molecule has 29 heavy (non-hydrogen) atoms. The van der Waals surface area contributed by atoms with Gasteiger partial charge in [-0.15, -0.1) is 0 Å². The molecule has 0 bridgehead atoms. The monoisotopic (exact) mass is 412 g/mol. The minimum Gasteiger partial charge on any atom is -0.493 e. The molecule has 6 nitrogen and oxygen atoms in total. The molecule has 0 spiro atoms. The van der Waals surface area contributed by atoms with Crippen molar-refractivity contribution in [1.82, 2.24) is 0 Å². The van der Waals surface area contributed by atoms with Crippen LogP contribution < -0.4 is 9.26 Å². The molecule has 0 aromatic heterocycles. The molecule has 1 N–H and O–H groups in total. The number of rotatable bonds is 9. The first-order chi connectivity index (χ1) is 14.0. The molecule has 3 aromatic rings. The minimum absolute atomic E-state index is 0.00452. The van der Waals surface area contributed by atoms with E-state index in [1.807, 2.05) is 60.7 Å². The van der Waals surface area contributed by atoms with Crippen LogP contribution >= 0.6 is 7.60 Å². The van der Waals surface area contributed by atoms with E-state index in [2.05, 4.69) is 0 Å². The highest BCUT2D eigenvalue weighted by molar-refractivity contribution is 7.53. The predicted octanol–water partition coefficient (Wildman–Crippen LogP) is 5.38. The Kier molecular flexibility index (Phi) is 6.70. The molecule has 150 valence electrons. The summed E-state index contributed by atoms with van der Waals surface area (Å²) in [6.07, 6.45) is 0.0289. The first-order valence-electron chi connectivity index (χ1n) is 8.91. The van der Waals surface area contributed by atoms with Gasteiger partial charge in [0.1, 0.15) is 0 Å². The van der Waals surface area contributed by atoms with Gasteiger partial charge < -0.3 is 14.4 Å². The van der Waals surface area contributed by atoms with Gasteiger partial charge in [0, 0.05) is 0 Å². The van der Waals surface area contributed by atoms with Gasteiger partial charge in [-0.3, -0.25) is 4.52 Å². The van der Waals surface area contributed by atoms with E-state index in [1.165, 1.54) is 25.3 Å². The van der Waals surface area contributed by atoms with E-state index >= 15 is 0 Å². The van der Waals surface area contributed by atoms with E-state index in [0.717, 1.165) is 11.1 Å². The Labute approximate surface area is 169 Å². The van der Waals surface area contributed by atoms with Crippen molar-refractivity contribution in [2.45, 2.75) is 12.8 Å². The zero-order valence-electron chi connectivity index (χ0n) is 15.9. The van der Waals surface area contributed by atoms with Crippen molar-refractivity contribution < 1.29 is 28.3 Å². The second-order valence-corrected chi connectivity index (χ2v) is 8.25. The number of ether oxygens (including phenoxy) is 1. The minimum atomic E-state index is -3.69. The van der Waals surface area contributed by atoms with Crippen molar-refractivity contribution in [1.29, 1.82) is 0 Å². The molecule has 0 amide bonds. The Morgan fingerprint density at radius 3 is 2.10 bits per heavy atom. The lowest BCUT2D eigenvalue weighted by atomic mass is 10.2. The van der Waals surface area contributed by atoms with Crippen molar-refractivity contribution in [2.24, 2.45) is 0 Å². The molecule has 7 heteroatoms. The first-order valence-corrected chi connectivity index (χ1v) is 10.6. The van der Waals surface area contributed by atoms with Gasteiger partial charge in [-0.2, -0.15) is 0 Å². The van der Waals surface area contributed by atoms with E-state index in [4.69, 9.17) is 13.8 Å². The maximum absolute atomic E-state index is 13.6. The number of methoxy groups -OCH3 is 1. The number of aromatic carboxylic acids is 1. The van der Waals surface area contributed by atoms with Gasteiger partial charge in [0.05, 0.1) is 25.4 Å². The molecule has 0 aliphatic heterocycles. The lowest BCUT2D eigenvalue weighted by Gasteiger charge is -2.21. The fourth-order valence-corrected chi connectivity index (χ4v) is 4.34. The third-order valence-corrected chi connectivity index (χ3v) is 5.89. The highest BCUT2D eigenvalue weighted by atomic mass is 31.2. The lowest BCUT2D eigenvalue weighted by molar-refractivity contribution is 0.0696. The fourth-order valence-electron chi connectivity index (χ4n) is 2.69. The van der Waals surface area contributed by atoms with E-state index < -0.39 is 13.6 Å². The Bertz CT molecular complexity index is 1000. The predicted molar refractivity (Wildman–Crippen MR) is 110 cm³/mol. The van der Waals surface area contributed by atoms with Gasteiger partial charge in [-0.05, 0) is 29.3 Å². The van der Waals surface area contributed by atoms with Crippen LogP contribution in [0.25, 0.3) is 0 Å². The molecule has 3 rings (SSSR count). The highest BCUT2D eigenvalue weighted by Gasteiger charge is 2.29. The molecule has 1 unspecified atom stereocenters. The lowest BCUT2D eigenvalue weighted by Crippen LogP contribution is -2.05. The number of carboxylic acids is 1. The Balaban J connectivity index is 1.91. The van der Waals surface area contributed by atoms with Crippen molar-refractivity contribution in [3.05, 3.63) is 95.6 Å². The number of benzene rings is 3. The molecule has 0 saturated carbocycles. The quantitative estimate of drug-likeness (QED) is 0.475. The largest absolute Gasteiger partial charge is 0.493 e. The maximum Gasteiger partial charge on any atom is 0.384 e. The van der Waals surface area contributed by atoms with Gasteiger partial charge >= 0.3 is 13.6 Å². The summed E-state index contributed by atoms with van der Waals surface area (Å²) in [5.41, 5.74) is 1.61. The number of carbonyl (C=O) groups is 1. The molecule has 0 fully saturated rings. The second kappa shape index (κ2) is 9.41. The summed E-state index contributed by atoms with van der Waals surface area (Å²) in [5.74, 6) is -0.799. The number of hydrogen-bond donors (Lipinski definition) is 1. The van der Waals surface area contributed by atoms with Crippen LogP contribution in [0.4, 0.5) is 0 Å². The van der Waals surface area contributed by atoms with E-state index in [9.17, 15) is 14.5 Å². The zero-order chi connectivity index (χ0) is 20.7. The summed E-state index contributed by atoms with van der Waals surface area (Å²) >= 11 is 0. The Morgan fingerprint density at radius 2 is 1.52 bits per heavy atom. The van der Waals surface area contributed by atoms with E-state index in [0.29, 0.717) is 0 Å². The molecule has 1 atom stereocenters. The maximum atomic E-state index is 13.6. The van der Waals surface area contributed by atoms with Crippen LogP contribution in [0.5, 0.6) is 11.5 Å². The standard InChI is InChI=1S/C22H21O6P/c1-26-20-13-12-19(22(23)24)14-21(20)28-29(25,16-18-10-6-3-7-11-18)27-15-17-8-4-2-5-9-17/h2-14H,15-16H2,1H3,(H,23,24). The van der Waals surface area contributed by atoms with Crippen LogP contribution in [0, 0.1) is 0 Å².